The van der Waals surface area contributed by atoms with Gasteiger partial charge in [0, 0.05) is 0 Å². The van der Waals surface area contributed by atoms with Crippen LogP contribution in [0.25, 0.3) is 0 Å². The van der Waals surface area contributed by atoms with E-state index in [0.29, 0.717) is 0 Å². The molecule has 0 heterocycles. The van der Waals surface area contributed by atoms with Crippen molar-refractivity contribution in [3.8, 4) is 11.5 Å². The molecule has 1 aromatic carbocycles. The van der Waals surface area contributed by atoms with Crippen LogP contribution in [0.1, 0.15) is 32.3 Å². The first-order valence-electron chi connectivity index (χ1n) is 5.99. The predicted molar refractivity (Wildman–Crippen MR) is 67.1 cm³/mol. The van der Waals surface area contributed by atoms with Crippen molar-refractivity contribution in [1.82, 2.24) is 0 Å². The molecule has 0 unspecified atom stereocenters. The Bertz CT molecular complexity index is 308. The lowest BCUT2D eigenvalue weighted by atomic mass is 10.1. The summed E-state index contributed by atoms with van der Waals surface area (Å²) in [6.07, 6.45) is 2.78. The first-order chi connectivity index (χ1) is 7.81. The van der Waals surface area contributed by atoms with Crippen molar-refractivity contribution in [3.63, 3.8) is 0 Å². The molecule has 0 atom stereocenters. The van der Waals surface area contributed by atoms with E-state index in [1.165, 1.54) is 5.56 Å². The normalized spacial score (nSPS) is 10.2. The highest BCUT2D eigenvalue weighted by Crippen LogP contribution is 2.28. The van der Waals surface area contributed by atoms with Crippen LogP contribution in [-0.2, 0) is 6.42 Å². The average molecular weight is 221 g/mol. The highest BCUT2D eigenvalue weighted by molar-refractivity contribution is 5.43. The van der Waals surface area contributed by atoms with Gasteiger partial charge in [-0.3, -0.25) is 0 Å². The Kier molecular flexibility index (Phi) is 5.76. The van der Waals surface area contributed by atoms with E-state index in [0.717, 1.165) is 44.0 Å². The second-order valence-electron chi connectivity index (χ2n) is 3.73. The zero-order valence-electron chi connectivity index (χ0n) is 10.3. The smallest absolute Gasteiger partial charge is 0.161 e. The molecule has 0 aromatic heterocycles. The summed E-state index contributed by atoms with van der Waals surface area (Å²) in [5.41, 5.74) is 1.18. The van der Waals surface area contributed by atoms with Gasteiger partial charge in [0.2, 0.25) is 0 Å². The summed E-state index contributed by atoms with van der Waals surface area (Å²) in [7, 11) is 0. The van der Waals surface area contributed by atoms with Crippen LogP contribution in [-0.4, -0.2) is 13.2 Å². The van der Waals surface area contributed by atoms with Gasteiger partial charge in [0.25, 0.3) is 0 Å². The molecule has 1 rings (SSSR count). The van der Waals surface area contributed by atoms with Crippen LogP contribution in [0.5, 0.6) is 11.5 Å². The molecule has 1 radical (unpaired) electrons. The number of benzene rings is 1. The SMILES string of the molecule is [CH2]Cc1ccc(OCCC)c(OCCC)c1. The average Bonchev–Trinajstić information content (AvgIpc) is 2.34. The number of ether oxygens (including phenoxy) is 2. The topological polar surface area (TPSA) is 18.5 Å². The maximum atomic E-state index is 5.67. The summed E-state index contributed by atoms with van der Waals surface area (Å²) in [4.78, 5) is 0. The molecule has 0 aliphatic carbocycles. The third kappa shape index (κ3) is 3.76. The first-order valence-corrected chi connectivity index (χ1v) is 5.99. The van der Waals surface area contributed by atoms with E-state index in [2.05, 4.69) is 20.8 Å². The fraction of sp³-hybridized carbons (Fsp3) is 0.500. The van der Waals surface area contributed by atoms with Crippen LogP contribution < -0.4 is 9.47 Å². The monoisotopic (exact) mass is 221 g/mol. The Hall–Kier alpha value is -1.18. The van der Waals surface area contributed by atoms with Gasteiger partial charge < -0.3 is 9.47 Å². The fourth-order valence-corrected chi connectivity index (χ4v) is 1.36. The molecule has 0 N–H and O–H groups in total. The van der Waals surface area contributed by atoms with Crippen molar-refractivity contribution >= 4 is 0 Å². The van der Waals surface area contributed by atoms with Gasteiger partial charge in [-0.2, -0.15) is 0 Å². The van der Waals surface area contributed by atoms with Crippen molar-refractivity contribution in [2.45, 2.75) is 33.1 Å². The number of rotatable bonds is 7. The molecule has 0 aliphatic heterocycles. The highest BCUT2D eigenvalue weighted by Gasteiger charge is 2.05. The summed E-state index contributed by atoms with van der Waals surface area (Å²) in [6.45, 7) is 9.52. The van der Waals surface area contributed by atoms with Crippen molar-refractivity contribution < 1.29 is 9.47 Å². The minimum absolute atomic E-state index is 0.725. The molecular weight excluding hydrogens is 200 g/mol. The molecule has 0 saturated heterocycles. The summed E-state index contributed by atoms with van der Waals surface area (Å²) in [5, 5.41) is 0. The summed E-state index contributed by atoms with van der Waals surface area (Å²) in [6, 6.07) is 6.03. The van der Waals surface area contributed by atoms with Gasteiger partial charge in [0.05, 0.1) is 13.2 Å². The van der Waals surface area contributed by atoms with Gasteiger partial charge in [-0.25, -0.2) is 0 Å². The highest BCUT2D eigenvalue weighted by atomic mass is 16.5. The maximum Gasteiger partial charge on any atom is 0.161 e. The van der Waals surface area contributed by atoms with Gasteiger partial charge in [-0.05, 0) is 43.9 Å². The van der Waals surface area contributed by atoms with E-state index in [4.69, 9.17) is 9.47 Å². The molecule has 2 nitrogen and oxygen atoms in total. The van der Waals surface area contributed by atoms with Crippen LogP contribution >= 0.6 is 0 Å². The number of hydrogen-bond donors (Lipinski definition) is 0. The molecule has 0 amide bonds. The largest absolute Gasteiger partial charge is 0.490 e. The van der Waals surface area contributed by atoms with Crippen LogP contribution in [0.15, 0.2) is 18.2 Å². The lowest BCUT2D eigenvalue weighted by Crippen LogP contribution is -2.01. The molecule has 0 spiro atoms. The molecule has 2 heteroatoms. The van der Waals surface area contributed by atoms with E-state index in [1.807, 2.05) is 18.2 Å². The summed E-state index contributed by atoms with van der Waals surface area (Å²) >= 11 is 0. The van der Waals surface area contributed by atoms with E-state index < -0.39 is 0 Å². The molecule has 1 aromatic rings. The lowest BCUT2D eigenvalue weighted by Gasteiger charge is -2.13. The number of hydrogen-bond acceptors (Lipinski definition) is 2. The second kappa shape index (κ2) is 7.15. The van der Waals surface area contributed by atoms with Gasteiger partial charge in [-0.1, -0.05) is 19.9 Å². The van der Waals surface area contributed by atoms with Crippen molar-refractivity contribution in [2.75, 3.05) is 13.2 Å². The van der Waals surface area contributed by atoms with Gasteiger partial charge in [-0.15, -0.1) is 0 Å². The molecule has 0 aliphatic rings. The Morgan fingerprint density at radius 1 is 1.00 bits per heavy atom. The van der Waals surface area contributed by atoms with E-state index in [1.54, 1.807) is 0 Å². The maximum absolute atomic E-state index is 5.67. The Morgan fingerprint density at radius 2 is 1.62 bits per heavy atom. The predicted octanol–water partition coefficient (Wildman–Crippen LogP) is 3.64. The van der Waals surface area contributed by atoms with Crippen molar-refractivity contribution in [2.24, 2.45) is 0 Å². The van der Waals surface area contributed by atoms with Gasteiger partial charge >= 0.3 is 0 Å². The van der Waals surface area contributed by atoms with Crippen LogP contribution in [0.4, 0.5) is 0 Å². The zero-order valence-corrected chi connectivity index (χ0v) is 10.3. The Morgan fingerprint density at radius 3 is 2.19 bits per heavy atom. The quantitative estimate of drug-likeness (QED) is 0.700. The molecule has 16 heavy (non-hydrogen) atoms. The van der Waals surface area contributed by atoms with Crippen molar-refractivity contribution in [1.29, 1.82) is 0 Å². The molecule has 0 saturated carbocycles. The standard InChI is InChI=1S/C14H21O2/c1-4-9-15-13-8-7-12(6-3)11-14(13)16-10-5-2/h7-8,11H,3-6,9-10H2,1-2H3. The lowest BCUT2D eigenvalue weighted by molar-refractivity contribution is 0.268. The minimum Gasteiger partial charge on any atom is -0.490 e. The Balaban J connectivity index is 2.78. The summed E-state index contributed by atoms with van der Waals surface area (Å²) < 4.78 is 11.3. The van der Waals surface area contributed by atoms with Gasteiger partial charge in [0.1, 0.15) is 0 Å². The van der Waals surface area contributed by atoms with Crippen molar-refractivity contribution in [3.05, 3.63) is 30.7 Å². The van der Waals surface area contributed by atoms with E-state index in [9.17, 15) is 0 Å². The second-order valence-corrected chi connectivity index (χ2v) is 3.73. The molecule has 89 valence electrons. The van der Waals surface area contributed by atoms with E-state index in [-0.39, 0.29) is 0 Å². The first kappa shape index (κ1) is 12.9. The molecular formula is C14H21O2. The van der Waals surface area contributed by atoms with Crippen LogP contribution in [0, 0.1) is 6.92 Å². The van der Waals surface area contributed by atoms with E-state index >= 15 is 0 Å². The zero-order chi connectivity index (χ0) is 11.8. The third-order valence-electron chi connectivity index (χ3n) is 2.22. The third-order valence-corrected chi connectivity index (χ3v) is 2.22. The molecule has 0 bridgehead atoms. The fourth-order valence-electron chi connectivity index (χ4n) is 1.36. The molecule has 0 fully saturated rings. The minimum atomic E-state index is 0.725. The Labute approximate surface area is 98.6 Å². The van der Waals surface area contributed by atoms with Crippen LogP contribution in [0.2, 0.25) is 0 Å². The van der Waals surface area contributed by atoms with Crippen LogP contribution in [0.3, 0.4) is 0 Å². The summed E-state index contributed by atoms with van der Waals surface area (Å²) in [5.74, 6) is 1.68. The van der Waals surface area contributed by atoms with Gasteiger partial charge in [0.15, 0.2) is 11.5 Å².